The standard InChI is InChI=1S/C7H3F3I2O/c8-7(9,10)4-1-3(11)2-5(13)6(4)12/h1-2,13H. The summed E-state index contributed by atoms with van der Waals surface area (Å²) >= 11 is 3.20. The number of benzene rings is 1. The quantitative estimate of drug-likeness (QED) is 0.644. The average molecular weight is 414 g/mol. The van der Waals surface area contributed by atoms with E-state index in [2.05, 4.69) is 0 Å². The molecule has 0 unspecified atom stereocenters. The van der Waals surface area contributed by atoms with Crippen LogP contribution in [0.4, 0.5) is 13.2 Å². The van der Waals surface area contributed by atoms with E-state index in [9.17, 15) is 13.2 Å². The molecule has 1 aromatic carbocycles. The van der Waals surface area contributed by atoms with Crippen molar-refractivity contribution in [3.8, 4) is 5.75 Å². The topological polar surface area (TPSA) is 20.2 Å². The predicted molar refractivity (Wildman–Crippen MR) is 58.5 cm³/mol. The lowest BCUT2D eigenvalue weighted by molar-refractivity contribution is -0.138. The minimum atomic E-state index is -4.41. The average Bonchev–Trinajstić information content (AvgIpc) is 1.94. The molecule has 0 amide bonds. The van der Waals surface area contributed by atoms with E-state index in [0.717, 1.165) is 6.07 Å². The highest BCUT2D eigenvalue weighted by atomic mass is 127. The molecule has 1 rings (SSSR count). The van der Waals surface area contributed by atoms with E-state index >= 15 is 0 Å². The van der Waals surface area contributed by atoms with Gasteiger partial charge in [0.2, 0.25) is 0 Å². The molecule has 72 valence electrons. The van der Waals surface area contributed by atoms with Gasteiger partial charge in [0, 0.05) is 3.57 Å². The van der Waals surface area contributed by atoms with Gasteiger partial charge in [-0.05, 0) is 57.3 Å². The summed E-state index contributed by atoms with van der Waals surface area (Å²) in [5, 5.41) is 9.13. The lowest BCUT2D eigenvalue weighted by Crippen LogP contribution is -2.07. The maximum Gasteiger partial charge on any atom is 0.417 e. The van der Waals surface area contributed by atoms with Crippen LogP contribution in [0.15, 0.2) is 12.1 Å². The fourth-order valence-corrected chi connectivity index (χ4v) is 2.00. The van der Waals surface area contributed by atoms with Crippen molar-refractivity contribution in [3.05, 3.63) is 24.8 Å². The third kappa shape index (κ3) is 2.61. The normalized spacial score (nSPS) is 11.8. The third-order valence-electron chi connectivity index (χ3n) is 1.32. The van der Waals surface area contributed by atoms with Crippen LogP contribution in [-0.4, -0.2) is 5.11 Å². The molecule has 1 aromatic rings. The summed E-state index contributed by atoms with van der Waals surface area (Å²) in [7, 11) is 0. The van der Waals surface area contributed by atoms with E-state index in [1.165, 1.54) is 28.7 Å². The zero-order chi connectivity index (χ0) is 10.2. The van der Waals surface area contributed by atoms with Crippen LogP contribution in [0.3, 0.4) is 0 Å². The smallest absolute Gasteiger partial charge is 0.417 e. The van der Waals surface area contributed by atoms with E-state index in [4.69, 9.17) is 5.11 Å². The second kappa shape index (κ2) is 3.79. The highest BCUT2D eigenvalue weighted by Crippen LogP contribution is 2.37. The number of alkyl halides is 3. The Balaban J connectivity index is 3.37. The lowest BCUT2D eigenvalue weighted by atomic mass is 10.2. The van der Waals surface area contributed by atoms with Crippen LogP contribution in [-0.2, 0) is 6.18 Å². The Hall–Kier alpha value is 0.270. The highest BCUT2D eigenvalue weighted by Gasteiger charge is 2.34. The van der Waals surface area contributed by atoms with Crippen LogP contribution >= 0.6 is 45.2 Å². The van der Waals surface area contributed by atoms with E-state index < -0.39 is 11.7 Å². The summed E-state index contributed by atoms with van der Waals surface area (Å²) in [6.07, 6.45) is -4.41. The summed E-state index contributed by atoms with van der Waals surface area (Å²) in [5.41, 5.74) is -0.794. The molecule has 0 aliphatic carbocycles. The molecule has 0 radical (unpaired) electrons. The van der Waals surface area contributed by atoms with Crippen molar-refractivity contribution in [3.63, 3.8) is 0 Å². The number of hydrogen-bond acceptors (Lipinski definition) is 1. The Kier molecular flexibility index (Phi) is 3.31. The van der Waals surface area contributed by atoms with Gasteiger partial charge in [0.1, 0.15) is 5.75 Å². The van der Waals surface area contributed by atoms with Gasteiger partial charge in [0.15, 0.2) is 0 Å². The maximum atomic E-state index is 12.3. The zero-order valence-electron chi connectivity index (χ0n) is 5.99. The second-order valence-corrected chi connectivity index (χ2v) is 4.61. The monoisotopic (exact) mass is 414 g/mol. The molecule has 0 aliphatic heterocycles. The summed E-state index contributed by atoms with van der Waals surface area (Å²) in [6.45, 7) is 0. The van der Waals surface area contributed by atoms with E-state index in [1.54, 1.807) is 22.6 Å². The molecule has 0 bridgehead atoms. The Bertz CT molecular complexity index is 335. The Morgan fingerprint density at radius 3 is 2.15 bits per heavy atom. The van der Waals surface area contributed by atoms with Gasteiger partial charge < -0.3 is 5.11 Å². The van der Waals surface area contributed by atoms with Gasteiger partial charge in [-0.2, -0.15) is 13.2 Å². The highest BCUT2D eigenvalue weighted by molar-refractivity contribution is 14.1. The molecule has 0 aliphatic rings. The number of aromatic hydroxyl groups is 1. The number of hydrogen-bond donors (Lipinski definition) is 1. The number of rotatable bonds is 0. The third-order valence-corrected chi connectivity index (χ3v) is 3.08. The SMILES string of the molecule is Oc1cc(I)cc(C(F)(F)F)c1I. The molecule has 0 spiro atoms. The second-order valence-electron chi connectivity index (χ2n) is 2.28. The fourth-order valence-electron chi connectivity index (χ4n) is 0.781. The molecule has 1 N–H and O–H groups in total. The van der Waals surface area contributed by atoms with E-state index in [1.807, 2.05) is 0 Å². The van der Waals surface area contributed by atoms with E-state index in [0.29, 0.717) is 3.57 Å². The Morgan fingerprint density at radius 1 is 1.15 bits per heavy atom. The van der Waals surface area contributed by atoms with Gasteiger partial charge in [0.05, 0.1) is 9.13 Å². The van der Waals surface area contributed by atoms with Crippen LogP contribution < -0.4 is 0 Å². The number of halogens is 5. The van der Waals surface area contributed by atoms with Gasteiger partial charge >= 0.3 is 6.18 Å². The van der Waals surface area contributed by atoms with Crippen molar-refractivity contribution in [1.82, 2.24) is 0 Å². The summed E-state index contributed by atoms with van der Waals surface area (Å²) in [5.74, 6) is -0.333. The summed E-state index contributed by atoms with van der Waals surface area (Å²) in [4.78, 5) is 0. The van der Waals surface area contributed by atoms with Crippen molar-refractivity contribution in [1.29, 1.82) is 0 Å². The first-order valence-electron chi connectivity index (χ1n) is 3.07. The zero-order valence-corrected chi connectivity index (χ0v) is 10.3. The minimum Gasteiger partial charge on any atom is -0.507 e. The molecule has 0 fully saturated rings. The van der Waals surface area contributed by atoms with Crippen LogP contribution in [0.5, 0.6) is 5.75 Å². The Morgan fingerprint density at radius 2 is 1.69 bits per heavy atom. The first kappa shape index (κ1) is 11.3. The van der Waals surface area contributed by atoms with Gasteiger partial charge in [-0.3, -0.25) is 0 Å². The van der Waals surface area contributed by atoms with Gasteiger partial charge in [0.25, 0.3) is 0 Å². The van der Waals surface area contributed by atoms with Crippen molar-refractivity contribution in [2.75, 3.05) is 0 Å². The van der Waals surface area contributed by atoms with Crippen LogP contribution in [0.1, 0.15) is 5.56 Å². The molecular weight excluding hydrogens is 411 g/mol. The van der Waals surface area contributed by atoms with Crippen molar-refractivity contribution in [2.45, 2.75) is 6.18 Å². The molecule has 0 aromatic heterocycles. The first-order chi connectivity index (χ1) is 5.82. The predicted octanol–water partition coefficient (Wildman–Crippen LogP) is 3.62. The minimum absolute atomic E-state index is 0.162. The fraction of sp³-hybridized carbons (Fsp3) is 0.143. The summed E-state index contributed by atoms with van der Waals surface area (Å²) < 4.78 is 37.1. The molecule has 0 saturated carbocycles. The molecular formula is C7H3F3I2O. The molecule has 0 saturated heterocycles. The van der Waals surface area contributed by atoms with Crippen LogP contribution in [0.2, 0.25) is 0 Å². The molecule has 1 nitrogen and oxygen atoms in total. The molecule has 0 atom stereocenters. The first-order valence-corrected chi connectivity index (χ1v) is 5.23. The lowest BCUT2D eigenvalue weighted by Gasteiger charge is -2.10. The van der Waals surface area contributed by atoms with E-state index in [-0.39, 0.29) is 9.32 Å². The van der Waals surface area contributed by atoms with Crippen molar-refractivity contribution < 1.29 is 18.3 Å². The van der Waals surface area contributed by atoms with Gasteiger partial charge in [-0.1, -0.05) is 0 Å². The summed E-state index contributed by atoms with van der Waals surface area (Å²) in [6, 6.07) is 2.29. The van der Waals surface area contributed by atoms with Crippen LogP contribution in [0.25, 0.3) is 0 Å². The Labute approximate surface area is 99.6 Å². The molecule has 13 heavy (non-hydrogen) atoms. The molecule has 6 heteroatoms. The van der Waals surface area contributed by atoms with Crippen molar-refractivity contribution >= 4 is 45.2 Å². The van der Waals surface area contributed by atoms with Crippen molar-refractivity contribution in [2.24, 2.45) is 0 Å². The maximum absolute atomic E-state index is 12.3. The largest absolute Gasteiger partial charge is 0.507 e. The number of phenolic OH excluding ortho intramolecular Hbond substituents is 1. The number of phenols is 1. The molecule has 0 heterocycles. The van der Waals surface area contributed by atoms with Gasteiger partial charge in [-0.25, -0.2) is 0 Å². The van der Waals surface area contributed by atoms with Crippen LogP contribution in [0, 0.1) is 7.14 Å². The van der Waals surface area contributed by atoms with Gasteiger partial charge in [-0.15, -0.1) is 0 Å².